The Morgan fingerprint density at radius 3 is 2.57 bits per heavy atom. The van der Waals surface area contributed by atoms with Gasteiger partial charge in [-0.2, -0.15) is 10.2 Å². The SMILES string of the molecule is CN(Cc1cnn(-c2ccccc2)c1)C(=O)Cc1n[nH]c(=O)c2ccccc12. The molecule has 1 N–H and O–H groups in total. The minimum atomic E-state index is -0.256. The lowest BCUT2D eigenvalue weighted by Gasteiger charge is -2.16. The minimum Gasteiger partial charge on any atom is -0.341 e. The molecule has 0 bridgehead atoms. The largest absolute Gasteiger partial charge is 0.341 e. The lowest BCUT2D eigenvalue weighted by molar-refractivity contribution is -0.129. The highest BCUT2D eigenvalue weighted by Crippen LogP contribution is 2.14. The highest BCUT2D eigenvalue weighted by Gasteiger charge is 2.15. The molecule has 4 aromatic rings. The maximum absolute atomic E-state index is 12.7. The molecular formula is C21H19N5O2. The summed E-state index contributed by atoms with van der Waals surface area (Å²) in [6.45, 7) is 0.437. The summed E-state index contributed by atoms with van der Waals surface area (Å²) in [7, 11) is 1.75. The molecule has 0 atom stereocenters. The fraction of sp³-hybridized carbons (Fsp3) is 0.143. The molecule has 0 aliphatic carbocycles. The van der Waals surface area contributed by atoms with Crippen LogP contribution in [0, 0.1) is 0 Å². The number of aromatic nitrogens is 4. The van der Waals surface area contributed by atoms with Gasteiger partial charge in [0.05, 0.1) is 29.4 Å². The van der Waals surface area contributed by atoms with Gasteiger partial charge in [-0.05, 0) is 18.2 Å². The van der Waals surface area contributed by atoms with Crippen LogP contribution in [0.25, 0.3) is 16.5 Å². The zero-order chi connectivity index (χ0) is 19.5. The molecule has 0 saturated heterocycles. The number of H-pyrrole nitrogens is 1. The summed E-state index contributed by atoms with van der Waals surface area (Å²) in [5.74, 6) is -0.0860. The van der Waals surface area contributed by atoms with Gasteiger partial charge in [-0.3, -0.25) is 9.59 Å². The second-order valence-electron chi connectivity index (χ2n) is 6.60. The molecule has 28 heavy (non-hydrogen) atoms. The fourth-order valence-corrected chi connectivity index (χ4v) is 3.11. The number of hydrogen-bond donors (Lipinski definition) is 1. The number of carbonyl (C=O) groups is 1. The highest BCUT2D eigenvalue weighted by atomic mass is 16.2. The molecule has 140 valence electrons. The summed E-state index contributed by atoms with van der Waals surface area (Å²) in [6, 6.07) is 17.0. The molecule has 2 aromatic heterocycles. The molecule has 0 radical (unpaired) electrons. The average Bonchev–Trinajstić information content (AvgIpc) is 3.19. The highest BCUT2D eigenvalue weighted by molar-refractivity contribution is 5.88. The van der Waals surface area contributed by atoms with E-state index in [4.69, 9.17) is 0 Å². The number of amides is 1. The number of carbonyl (C=O) groups excluding carboxylic acids is 1. The van der Waals surface area contributed by atoms with Crippen molar-refractivity contribution >= 4 is 16.7 Å². The Bertz CT molecular complexity index is 1180. The lowest BCUT2D eigenvalue weighted by Crippen LogP contribution is -2.28. The molecule has 0 unspecified atom stereocenters. The van der Waals surface area contributed by atoms with Crippen molar-refractivity contribution in [2.45, 2.75) is 13.0 Å². The predicted molar refractivity (Wildman–Crippen MR) is 106 cm³/mol. The van der Waals surface area contributed by atoms with E-state index in [1.807, 2.05) is 48.7 Å². The average molecular weight is 373 g/mol. The van der Waals surface area contributed by atoms with Gasteiger partial charge in [-0.15, -0.1) is 0 Å². The molecule has 0 aliphatic heterocycles. The molecule has 2 heterocycles. The lowest BCUT2D eigenvalue weighted by atomic mass is 10.1. The molecule has 1 amide bonds. The van der Waals surface area contributed by atoms with E-state index in [1.54, 1.807) is 35.0 Å². The number of aromatic amines is 1. The van der Waals surface area contributed by atoms with Gasteiger partial charge in [-0.1, -0.05) is 36.4 Å². The van der Waals surface area contributed by atoms with Crippen molar-refractivity contribution in [1.29, 1.82) is 0 Å². The van der Waals surface area contributed by atoms with Crippen LogP contribution in [0.2, 0.25) is 0 Å². The maximum Gasteiger partial charge on any atom is 0.272 e. The van der Waals surface area contributed by atoms with E-state index in [9.17, 15) is 9.59 Å². The molecule has 7 heteroatoms. The summed E-state index contributed by atoms with van der Waals surface area (Å²) in [6.07, 6.45) is 3.78. The van der Waals surface area contributed by atoms with Gasteiger partial charge in [0, 0.05) is 30.7 Å². The number of nitrogens with one attached hydrogen (secondary N) is 1. The Hall–Kier alpha value is -3.74. The van der Waals surface area contributed by atoms with E-state index in [2.05, 4.69) is 15.3 Å². The first-order valence-electron chi connectivity index (χ1n) is 8.91. The molecule has 4 rings (SSSR count). The van der Waals surface area contributed by atoms with Gasteiger partial charge < -0.3 is 4.90 Å². The number of likely N-dealkylation sites (N-methyl/N-ethyl adjacent to an activating group) is 1. The Morgan fingerprint density at radius 1 is 1.07 bits per heavy atom. The van der Waals surface area contributed by atoms with E-state index in [0.717, 1.165) is 11.3 Å². The Kier molecular flexibility index (Phi) is 4.72. The van der Waals surface area contributed by atoms with Crippen LogP contribution in [0.5, 0.6) is 0 Å². The number of benzene rings is 2. The van der Waals surface area contributed by atoms with Crippen molar-refractivity contribution in [1.82, 2.24) is 24.9 Å². The Balaban J connectivity index is 1.48. The quantitative estimate of drug-likeness (QED) is 0.582. The second-order valence-corrected chi connectivity index (χ2v) is 6.60. The van der Waals surface area contributed by atoms with Crippen LogP contribution in [0.15, 0.2) is 71.8 Å². The van der Waals surface area contributed by atoms with Crippen LogP contribution in [0.3, 0.4) is 0 Å². The van der Waals surface area contributed by atoms with Crippen LogP contribution in [0.1, 0.15) is 11.3 Å². The smallest absolute Gasteiger partial charge is 0.272 e. The van der Waals surface area contributed by atoms with Gasteiger partial charge in [-0.25, -0.2) is 9.78 Å². The van der Waals surface area contributed by atoms with Crippen molar-refractivity contribution < 1.29 is 4.79 Å². The van der Waals surface area contributed by atoms with Crippen molar-refractivity contribution in [3.05, 3.63) is 88.6 Å². The second kappa shape index (κ2) is 7.48. The summed E-state index contributed by atoms with van der Waals surface area (Å²) in [5.41, 5.74) is 2.20. The van der Waals surface area contributed by atoms with Gasteiger partial charge in [0.15, 0.2) is 0 Å². The third-order valence-corrected chi connectivity index (χ3v) is 4.60. The van der Waals surface area contributed by atoms with Crippen molar-refractivity contribution in [2.24, 2.45) is 0 Å². The van der Waals surface area contributed by atoms with Crippen LogP contribution < -0.4 is 5.56 Å². The van der Waals surface area contributed by atoms with E-state index >= 15 is 0 Å². The third kappa shape index (κ3) is 3.55. The monoisotopic (exact) mass is 373 g/mol. The first kappa shape index (κ1) is 17.7. The summed E-state index contributed by atoms with van der Waals surface area (Å²) >= 11 is 0. The number of nitrogens with zero attached hydrogens (tertiary/aromatic N) is 4. The van der Waals surface area contributed by atoms with E-state index in [-0.39, 0.29) is 17.9 Å². The van der Waals surface area contributed by atoms with Crippen molar-refractivity contribution in [2.75, 3.05) is 7.05 Å². The first-order valence-corrected chi connectivity index (χ1v) is 8.91. The number of para-hydroxylation sites is 1. The molecule has 7 nitrogen and oxygen atoms in total. The number of rotatable bonds is 5. The standard InChI is InChI=1S/C21H19N5O2/c1-25(13-15-12-22-26(14-15)16-7-3-2-4-8-16)20(27)11-19-17-9-5-6-10-18(17)21(28)24-23-19/h2-10,12,14H,11,13H2,1H3,(H,24,28). The van der Waals surface area contributed by atoms with E-state index in [0.29, 0.717) is 23.0 Å². The van der Waals surface area contributed by atoms with Crippen molar-refractivity contribution in [3.63, 3.8) is 0 Å². The van der Waals surface area contributed by atoms with Gasteiger partial charge >= 0.3 is 0 Å². The zero-order valence-electron chi connectivity index (χ0n) is 15.4. The van der Waals surface area contributed by atoms with E-state index < -0.39 is 0 Å². The van der Waals surface area contributed by atoms with Crippen LogP contribution in [-0.2, 0) is 17.8 Å². The van der Waals surface area contributed by atoms with E-state index in [1.165, 1.54) is 0 Å². The number of fused-ring (bicyclic) bond motifs is 1. The normalized spacial score (nSPS) is 10.9. The minimum absolute atomic E-state index is 0.0860. The van der Waals surface area contributed by atoms with Gasteiger partial charge in [0.1, 0.15) is 0 Å². The molecule has 2 aromatic carbocycles. The zero-order valence-corrected chi connectivity index (χ0v) is 15.4. The van der Waals surface area contributed by atoms with Gasteiger partial charge in [0.25, 0.3) is 5.56 Å². The predicted octanol–water partition coefficient (Wildman–Crippen LogP) is 2.31. The first-order chi connectivity index (χ1) is 13.6. The molecule has 0 saturated carbocycles. The topological polar surface area (TPSA) is 83.9 Å². The summed E-state index contributed by atoms with van der Waals surface area (Å²) in [4.78, 5) is 26.2. The number of hydrogen-bond acceptors (Lipinski definition) is 4. The summed E-state index contributed by atoms with van der Waals surface area (Å²) in [5, 5.41) is 12.1. The fourth-order valence-electron chi connectivity index (χ4n) is 3.11. The van der Waals surface area contributed by atoms with Crippen LogP contribution >= 0.6 is 0 Å². The Morgan fingerprint density at radius 2 is 1.79 bits per heavy atom. The van der Waals surface area contributed by atoms with Crippen LogP contribution in [0.4, 0.5) is 0 Å². The molecule has 0 spiro atoms. The Labute approximate surface area is 161 Å². The third-order valence-electron chi connectivity index (χ3n) is 4.60. The maximum atomic E-state index is 12.7. The van der Waals surface area contributed by atoms with Crippen LogP contribution in [-0.4, -0.2) is 37.8 Å². The molecular weight excluding hydrogens is 354 g/mol. The molecule has 0 aliphatic rings. The summed E-state index contributed by atoms with van der Waals surface area (Å²) < 4.78 is 1.78. The van der Waals surface area contributed by atoms with Gasteiger partial charge in [0.2, 0.25) is 5.91 Å². The van der Waals surface area contributed by atoms with Crippen molar-refractivity contribution in [3.8, 4) is 5.69 Å². The molecule has 0 fully saturated rings.